The van der Waals surface area contributed by atoms with Crippen molar-refractivity contribution in [2.24, 2.45) is 7.05 Å². The van der Waals surface area contributed by atoms with Crippen molar-refractivity contribution in [2.75, 3.05) is 19.0 Å². The van der Waals surface area contributed by atoms with Crippen molar-refractivity contribution in [2.45, 2.75) is 25.7 Å². The summed E-state index contributed by atoms with van der Waals surface area (Å²) in [6.07, 6.45) is 2.05. The van der Waals surface area contributed by atoms with Gasteiger partial charge in [-0.1, -0.05) is 35.7 Å². The molecule has 2 aliphatic heterocycles. The first kappa shape index (κ1) is 21.4. The summed E-state index contributed by atoms with van der Waals surface area (Å²) in [7, 11) is 5.41. The second-order valence-corrected chi connectivity index (χ2v) is 11.1. The molecule has 0 aliphatic carbocycles. The summed E-state index contributed by atoms with van der Waals surface area (Å²) in [6, 6.07) is 4.41. The number of anilines is 1. The minimum atomic E-state index is -0.156. The lowest BCUT2D eigenvalue weighted by molar-refractivity contribution is -0.119. The molecule has 5 nitrogen and oxygen atoms in total. The van der Waals surface area contributed by atoms with Crippen molar-refractivity contribution >= 4 is 73.5 Å². The number of allylic oxidation sites excluding steroid dienone is 1. The molecule has 1 aromatic carbocycles. The van der Waals surface area contributed by atoms with Gasteiger partial charge in [0.25, 0.3) is 11.5 Å². The van der Waals surface area contributed by atoms with E-state index in [1.807, 2.05) is 14.0 Å². The number of fused-ring (bicyclic) bond motifs is 1. The number of thiazole rings is 1. The summed E-state index contributed by atoms with van der Waals surface area (Å²) in [5.74, 6) is -0.156. The zero-order valence-electron chi connectivity index (χ0n) is 17.5. The van der Waals surface area contributed by atoms with E-state index in [1.165, 1.54) is 49.7 Å². The molecule has 0 spiro atoms. The molecular weight excluding hydrogens is 455 g/mol. The molecule has 0 atom stereocenters. The van der Waals surface area contributed by atoms with Gasteiger partial charge in [-0.2, -0.15) is 0 Å². The molecule has 30 heavy (non-hydrogen) atoms. The SMILES string of the molecule is C/C(C=C1Sc2cc(C)c(C)cc2N1C)=c1\s/c(=C2\SC(=S)N(C)C2=O)n(C)c1=O. The summed E-state index contributed by atoms with van der Waals surface area (Å²) < 4.78 is 3.35. The highest BCUT2D eigenvalue weighted by molar-refractivity contribution is 8.30. The van der Waals surface area contributed by atoms with E-state index in [1.54, 1.807) is 30.4 Å². The number of amides is 1. The van der Waals surface area contributed by atoms with Gasteiger partial charge in [-0.15, -0.1) is 11.3 Å². The molecule has 2 aromatic rings. The predicted octanol–water partition coefficient (Wildman–Crippen LogP) is 2.92. The Kier molecular flexibility index (Phi) is 5.50. The second-order valence-electron chi connectivity index (χ2n) is 7.39. The average molecular weight is 476 g/mol. The Bertz CT molecular complexity index is 1330. The normalized spacial score (nSPS) is 20.5. The first-order chi connectivity index (χ1) is 14.1. The van der Waals surface area contributed by atoms with E-state index >= 15 is 0 Å². The molecule has 1 amide bonds. The van der Waals surface area contributed by atoms with Gasteiger partial charge in [0.05, 0.1) is 15.2 Å². The molecular formula is C21H21N3O2S4. The number of carbonyl (C=O) groups excluding carboxylic acids is 1. The van der Waals surface area contributed by atoms with E-state index in [9.17, 15) is 9.59 Å². The zero-order chi connectivity index (χ0) is 21.9. The Morgan fingerprint density at radius 3 is 2.33 bits per heavy atom. The fourth-order valence-corrected chi connectivity index (χ4v) is 6.96. The number of thioether (sulfide) groups is 2. The Labute approximate surface area is 192 Å². The van der Waals surface area contributed by atoms with Crippen molar-refractivity contribution < 1.29 is 4.79 Å². The smallest absolute Gasteiger partial charge is 0.269 e. The topological polar surface area (TPSA) is 45.5 Å². The standard InChI is InChI=1S/C21H21N3O2S4/c1-10-7-13-14(8-11(10)2)28-15(22(13)4)9-12(3)16-18(25)23(5)20(29-16)17-19(26)24(6)21(27)30-17/h7-9H,1-6H3/b15-9?,16-12+,20-17-. The lowest BCUT2D eigenvalue weighted by Crippen LogP contribution is -2.31. The molecule has 2 aliphatic rings. The zero-order valence-corrected chi connectivity index (χ0v) is 20.8. The van der Waals surface area contributed by atoms with E-state index in [0.717, 1.165) is 10.6 Å². The Hall–Kier alpha value is -1.81. The number of hydrogen-bond donors (Lipinski definition) is 0. The van der Waals surface area contributed by atoms with Crippen LogP contribution in [0.15, 0.2) is 32.9 Å². The van der Waals surface area contributed by atoms with Crippen LogP contribution in [0.3, 0.4) is 0 Å². The van der Waals surface area contributed by atoms with Crippen LogP contribution in [0.1, 0.15) is 18.1 Å². The van der Waals surface area contributed by atoms with E-state index < -0.39 is 0 Å². The molecule has 0 N–H and O–H groups in total. The quantitative estimate of drug-likeness (QED) is 0.591. The van der Waals surface area contributed by atoms with Crippen LogP contribution in [-0.4, -0.2) is 33.8 Å². The van der Waals surface area contributed by atoms with Crippen LogP contribution < -0.4 is 19.7 Å². The minimum absolute atomic E-state index is 0.0967. The van der Waals surface area contributed by atoms with Gasteiger partial charge < -0.3 is 9.47 Å². The lowest BCUT2D eigenvalue weighted by Gasteiger charge is -2.14. The Morgan fingerprint density at radius 2 is 1.70 bits per heavy atom. The highest BCUT2D eigenvalue weighted by Crippen LogP contribution is 2.46. The molecule has 9 heteroatoms. The average Bonchev–Trinajstić information content (AvgIpc) is 3.25. The molecule has 1 fully saturated rings. The number of carbonyl (C=O) groups is 1. The van der Waals surface area contributed by atoms with Crippen LogP contribution >= 0.6 is 47.1 Å². The van der Waals surface area contributed by atoms with Gasteiger partial charge in [-0.3, -0.25) is 14.5 Å². The molecule has 0 bridgehead atoms. The van der Waals surface area contributed by atoms with Crippen molar-refractivity contribution in [3.05, 3.63) is 53.9 Å². The summed E-state index contributed by atoms with van der Waals surface area (Å²) in [5.41, 5.74) is 4.50. The van der Waals surface area contributed by atoms with Crippen LogP contribution in [-0.2, 0) is 11.8 Å². The van der Waals surface area contributed by atoms with Crippen molar-refractivity contribution in [1.82, 2.24) is 9.47 Å². The van der Waals surface area contributed by atoms with E-state index in [2.05, 4.69) is 37.0 Å². The van der Waals surface area contributed by atoms with E-state index in [0.29, 0.717) is 18.4 Å². The number of rotatable bonds is 1. The van der Waals surface area contributed by atoms with Gasteiger partial charge in [-0.05, 0) is 55.7 Å². The van der Waals surface area contributed by atoms with Gasteiger partial charge in [0, 0.05) is 26.0 Å². The van der Waals surface area contributed by atoms with Crippen LogP contribution in [0, 0.1) is 13.8 Å². The highest BCUT2D eigenvalue weighted by atomic mass is 32.2. The molecule has 1 aromatic heterocycles. The predicted molar refractivity (Wildman–Crippen MR) is 133 cm³/mol. The first-order valence-electron chi connectivity index (χ1n) is 9.25. The molecule has 156 valence electrons. The Balaban J connectivity index is 1.84. The molecule has 1 saturated heterocycles. The number of nitrogens with zero attached hydrogens (tertiary/aromatic N) is 3. The summed E-state index contributed by atoms with van der Waals surface area (Å²) in [6.45, 7) is 6.19. The van der Waals surface area contributed by atoms with Crippen LogP contribution in [0.5, 0.6) is 0 Å². The second kappa shape index (κ2) is 7.71. The van der Waals surface area contributed by atoms with Crippen LogP contribution in [0.4, 0.5) is 5.69 Å². The highest BCUT2D eigenvalue weighted by Gasteiger charge is 2.31. The molecule has 4 rings (SSSR count). The number of aromatic nitrogens is 1. The maximum Gasteiger partial charge on any atom is 0.269 e. The van der Waals surface area contributed by atoms with Gasteiger partial charge in [-0.25, -0.2) is 0 Å². The third-order valence-corrected chi connectivity index (χ3v) is 9.53. The molecule has 0 unspecified atom stereocenters. The van der Waals surface area contributed by atoms with E-state index in [4.69, 9.17) is 12.2 Å². The summed E-state index contributed by atoms with van der Waals surface area (Å²) in [4.78, 5) is 30.8. The maximum atomic E-state index is 12.9. The monoisotopic (exact) mass is 475 g/mol. The maximum absolute atomic E-state index is 12.9. The fraction of sp³-hybridized carbons (Fsp3) is 0.286. The van der Waals surface area contributed by atoms with Gasteiger partial charge in [0.1, 0.15) is 13.9 Å². The number of hydrogen-bond acceptors (Lipinski definition) is 7. The molecule has 3 heterocycles. The summed E-state index contributed by atoms with van der Waals surface area (Å²) in [5, 5.41) is 1.07. The van der Waals surface area contributed by atoms with Crippen molar-refractivity contribution in [1.29, 1.82) is 0 Å². The van der Waals surface area contributed by atoms with Crippen LogP contribution in [0.2, 0.25) is 0 Å². The van der Waals surface area contributed by atoms with Crippen LogP contribution in [0.25, 0.3) is 10.5 Å². The van der Waals surface area contributed by atoms with Gasteiger partial charge in [0.2, 0.25) is 0 Å². The largest absolute Gasteiger partial charge is 0.338 e. The third-order valence-electron chi connectivity index (χ3n) is 5.34. The third kappa shape index (κ3) is 3.37. The fourth-order valence-electron chi connectivity index (χ4n) is 3.27. The molecule has 0 saturated carbocycles. The number of aryl methyl sites for hydroxylation is 2. The summed E-state index contributed by atoms with van der Waals surface area (Å²) >= 11 is 9.54. The van der Waals surface area contributed by atoms with Crippen molar-refractivity contribution in [3.8, 4) is 0 Å². The number of benzene rings is 1. The lowest BCUT2D eigenvalue weighted by atomic mass is 10.1. The van der Waals surface area contributed by atoms with Crippen molar-refractivity contribution in [3.63, 3.8) is 0 Å². The van der Waals surface area contributed by atoms with E-state index in [-0.39, 0.29) is 11.5 Å². The first-order valence-corrected chi connectivity index (χ1v) is 12.1. The number of thiocarbonyl (C=S) groups is 1. The minimum Gasteiger partial charge on any atom is -0.338 e. The molecule has 0 radical (unpaired) electrons. The van der Waals surface area contributed by atoms with Gasteiger partial charge in [0.15, 0.2) is 0 Å². The van der Waals surface area contributed by atoms with Gasteiger partial charge >= 0.3 is 0 Å². The Morgan fingerprint density at radius 1 is 1.03 bits per heavy atom.